The molecule has 5 nitrogen and oxygen atoms in total. The van der Waals surface area contributed by atoms with Crippen molar-refractivity contribution in [2.75, 3.05) is 6.79 Å². The molecule has 1 aromatic rings. The van der Waals surface area contributed by atoms with Gasteiger partial charge >= 0.3 is 0 Å². The molecule has 0 unspecified atom stereocenters. The summed E-state index contributed by atoms with van der Waals surface area (Å²) in [7, 11) is 0. The van der Waals surface area contributed by atoms with Gasteiger partial charge in [0, 0.05) is 0 Å². The van der Waals surface area contributed by atoms with Crippen LogP contribution in [0.2, 0.25) is 0 Å². The Balaban J connectivity index is 2.37. The van der Waals surface area contributed by atoms with Gasteiger partial charge in [0.2, 0.25) is 12.5 Å². The molecule has 0 aliphatic carbocycles. The van der Waals surface area contributed by atoms with E-state index >= 15 is 0 Å². The van der Waals surface area contributed by atoms with Crippen LogP contribution < -0.4 is 15.4 Å². The molecule has 5 heteroatoms. The van der Waals surface area contributed by atoms with Crippen LogP contribution in [0.1, 0.15) is 5.56 Å². The molecule has 1 aliphatic heterocycles. The minimum absolute atomic E-state index is 0.0436. The van der Waals surface area contributed by atoms with Crippen molar-refractivity contribution in [3.05, 3.63) is 17.7 Å². The highest BCUT2D eigenvalue weighted by Crippen LogP contribution is 2.41. The molecule has 0 aromatic heterocycles. The third-order valence-electron chi connectivity index (χ3n) is 1.76. The van der Waals surface area contributed by atoms with Crippen LogP contribution in [0.3, 0.4) is 0 Å². The lowest BCUT2D eigenvalue weighted by Gasteiger charge is -2.03. The number of hydrogen-bond acceptors (Lipinski definition) is 5. The van der Waals surface area contributed by atoms with Crippen molar-refractivity contribution in [2.45, 2.75) is 6.61 Å². The molecule has 0 atom stereocenters. The SMILES string of the molecule is NOCc1cc(O)c2c(c1)OCO2. The second-order valence-electron chi connectivity index (χ2n) is 2.66. The summed E-state index contributed by atoms with van der Waals surface area (Å²) in [5.41, 5.74) is 0.740. The molecule has 70 valence electrons. The van der Waals surface area contributed by atoms with E-state index in [1.807, 2.05) is 0 Å². The predicted octanol–water partition coefficient (Wildman–Crippen LogP) is 0.511. The maximum absolute atomic E-state index is 9.44. The molecule has 0 saturated carbocycles. The molecule has 13 heavy (non-hydrogen) atoms. The second kappa shape index (κ2) is 3.12. The number of hydrogen-bond donors (Lipinski definition) is 2. The minimum atomic E-state index is 0.0436. The van der Waals surface area contributed by atoms with Gasteiger partial charge in [-0.15, -0.1) is 0 Å². The van der Waals surface area contributed by atoms with Crippen molar-refractivity contribution >= 4 is 0 Å². The lowest BCUT2D eigenvalue weighted by Crippen LogP contribution is -1.98. The minimum Gasteiger partial charge on any atom is -0.504 e. The first-order valence-corrected chi connectivity index (χ1v) is 3.74. The summed E-state index contributed by atoms with van der Waals surface area (Å²) in [6.45, 7) is 0.361. The molecule has 0 radical (unpaired) electrons. The molecule has 1 aromatic carbocycles. The summed E-state index contributed by atoms with van der Waals surface area (Å²) in [5.74, 6) is 5.84. The first-order chi connectivity index (χ1) is 6.31. The molecule has 3 N–H and O–H groups in total. The molecule has 0 saturated heterocycles. The topological polar surface area (TPSA) is 73.9 Å². The number of fused-ring (bicyclic) bond motifs is 1. The normalized spacial score (nSPS) is 13.3. The average Bonchev–Trinajstić information content (AvgIpc) is 2.53. The van der Waals surface area contributed by atoms with E-state index in [0.29, 0.717) is 11.5 Å². The van der Waals surface area contributed by atoms with Gasteiger partial charge in [0.25, 0.3) is 0 Å². The Kier molecular flexibility index (Phi) is 1.96. The van der Waals surface area contributed by atoms with E-state index in [0.717, 1.165) is 5.56 Å². The maximum Gasteiger partial charge on any atom is 0.231 e. The summed E-state index contributed by atoms with van der Waals surface area (Å²) in [5, 5.41) is 9.44. The number of ether oxygens (including phenoxy) is 2. The number of nitrogens with two attached hydrogens (primary N) is 1. The van der Waals surface area contributed by atoms with E-state index in [4.69, 9.17) is 15.4 Å². The van der Waals surface area contributed by atoms with E-state index in [9.17, 15) is 5.11 Å². The fourth-order valence-corrected chi connectivity index (χ4v) is 1.23. The van der Waals surface area contributed by atoms with Gasteiger partial charge in [-0.05, 0) is 17.7 Å². The quantitative estimate of drug-likeness (QED) is 0.653. The van der Waals surface area contributed by atoms with Gasteiger partial charge in [-0.1, -0.05) is 0 Å². The number of benzene rings is 1. The largest absolute Gasteiger partial charge is 0.504 e. The van der Waals surface area contributed by atoms with Gasteiger partial charge in [-0.3, -0.25) is 4.84 Å². The van der Waals surface area contributed by atoms with Crippen molar-refractivity contribution in [3.8, 4) is 17.2 Å². The molecule has 1 aliphatic rings. The van der Waals surface area contributed by atoms with Crippen LogP contribution in [-0.2, 0) is 11.4 Å². The zero-order chi connectivity index (χ0) is 9.26. The third-order valence-corrected chi connectivity index (χ3v) is 1.76. The third kappa shape index (κ3) is 1.39. The first kappa shape index (κ1) is 8.15. The van der Waals surface area contributed by atoms with E-state index in [1.54, 1.807) is 6.07 Å². The van der Waals surface area contributed by atoms with Crippen LogP contribution in [0.4, 0.5) is 0 Å². The van der Waals surface area contributed by atoms with Crippen LogP contribution in [0, 0.1) is 0 Å². The lowest BCUT2D eigenvalue weighted by molar-refractivity contribution is 0.123. The van der Waals surface area contributed by atoms with E-state index in [1.165, 1.54) is 6.07 Å². The van der Waals surface area contributed by atoms with E-state index in [-0.39, 0.29) is 19.1 Å². The summed E-state index contributed by atoms with van der Waals surface area (Å²) >= 11 is 0. The van der Waals surface area contributed by atoms with Crippen LogP contribution in [0.25, 0.3) is 0 Å². The monoisotopic (exact) mass is 183 g/mol. The molecule has 1 heterocycles. The summed E-state index contributed by atoms with van der Waals surface area (Å²) in [4.78, 5) is 4.44. The zero-order valence-electron chi connectivity index (χ0n) is 6.82. The lowest BCUT2D eigenvalue weighted by atomic mass is 10.2. The fourth-order valence-electron chi connectivity index (χ4n) is 1.23. The van der Waals surface area contributed by atoms with Gasteiger partial charge in [0.1, 0.15) is 0 Å². The van der Waals surface area contributed by atoms with Crippen LogP contribution >= 0.6 is 0 Å². The Morgan fingerprint density at radius 2 is 2.31 bits per heavy atom. The van der Waals surface area contributed by atoms with Crippen LogP contribution in [0.15, 0.2) is 12.1 Å². The summed E-state index contributed by atoms with van der Waals surface area (Å²) < 4.78 is 10.1. The highest BCUT2D eigenvalue weighted by atomic mass is 16.7. The standard InChI is InChI=1S/C8H9NO4/c9-13-3-5-1-6(10)8-7(2-5)11-4-12-8/h1-2,10H,3-4,9H2. The molecule has 0 spiro atoms. The predicted molar refractivity (Wildman–Crippen MR) is 43.2 cm³/mol. The van der Waals surface area contributed by atoms with Crippen molar-refractivity contribution < 1.29 is 19.4 Å². The van der Waals surface area contributed by atoms with Crippen molar-refractivity contribution in [1.82, 2.24) is 0 Å². The van der Waals surface area contributed by atoms with Gasteiger partial charge in [0.05, 0.1) is 6.61 Å². The fraction of sp³-hybridized carbons (Fsp3) is 0.250. The van der Waals surface area contributed by atoms with E-state index in [2.05, 4.69) is 4.84 Å². The Labute approximate surface area is 74.6 Å². The van der Waals surface area contributed by atoms with Gasteiger partial charge in [-0.2, -0.15) is 0 Å². The Bertz CT molecular complexity index is 326. The van der Waals surface area contributed by atoms with E-state index < -0.39 is 0 Å². The maximum atomic E-state index is 9.44. The van der Waals surface area contributed by atoms with Gasteiger partial charge < -0.3 is 14.6 Å². The highest BCUT2D eigenvalue weighted by molar-refractivity contribution is 5.54. The molecule has 0 fully saturated rings. The van der Waals surface area contributed by atoms with Gasteiger partial charge in [-0.25, -0.2) is 5.90 Å². The van der Waals surface area contributed by atoms with Crippen molar-refractivity contribution in [1.29, 1.82) is 0 Å². The van der Waals surface area contributed by atoms with Crippen molar-refractivity contribution in [2.24, 2.45) is 5.90 Å². The Morgan fingerprint density at radius 3 is 3.08 bits per heavy atom. The summed E-state index contributed by atoms with van der Waals surface area (Å²) in [6, 6.07) is 3.25. The first-order valence-electron chi connectivity index (χ1n) is 3.74. The Morgan fingerprint density at radius 1 is 1.46 bits per heavy atom. The molecular formula is C8H9NO4. The molecule has 0 bridgehead atoms. The molecular weight excluding hydrogens is 174 g/mol. The number of phenols is 1. The number of phenolic OH excluding ortho intramolecular Hbond substituents is 1. The average molecular weight is 183 g/mol. The van der Waals surface area contributed by atoms with Crippen LogP contribution in [0.5, 0.6) is 17.2 Å². The van der Waals surface area contributed by atoms with Crippen LogP contribution in [-0.4, -0.2) is 11.9 Å². The molecule has 2 rings (SSSR count). The highest BCUT2D eigenvalue weighted by Gasteiger charge is 2.18. The Hall–Kier alpha value is -1.46. The smallest absolute Gasteiger partial charge is 0.231 e. The second-order valence-corrected chi connectivity index (χ2v) is 2.66. The van der Waals surface area contributed by atoms with Crippen molar-refractivity contribution in [3.63, 3.8) is 0 Å². The van der Waals surface area contributed by atoms with Gasteiger partial charge in [0.15, 0.2) is 11.5 Å². The number of rotatable bonds is 2. The number of aromatic hydroxyl groups is 1. The zero-order valence-corrected chi connectivity index (χ0v) is 6.82. The molecule has 0 amide bonds. The summed E-state index contributed by atoms with van der Waals surface area (Å²) in [6.07, 6.45) is 0.